The number of aliphatic hydroxyl groups excluding tert-OH is 1. The molecule has 0 aliphatic carbocycles. The van der Waals surface area contributed by atoms with Crippen molar-refractivity contribution in [2.75, 3.05) is 37.8 Å². The molecule has 1 fully saturated rings. The van der Waals surface area contributed by atoms with Gasteiger partial charge in [0.1, 0.15) is 29.8 Å². The lowest BCUT2D eigenvalue weighted by Crippen LogP contribution is -2.48. The molecule has 1 aromatic heterocycles. The third kappa shape index (κ3) is 4.63. The van der Waals surface area contributed by atoms with Gasteiger partial charge in [-0.05, 0) is 26.8 Å². The van der Waals surface area contributed by atoms with Crippen LogP contribution in [0, 0.1) is 16.7 Å². The van der Waals surface area contributed by atoms with E-state index in [0.29, 0.717) is 47.4 Å². The Morgan fingerprint density at radius 3 is 2.72 bits per heavy atom. The van der Waals surface area contributed by atoms with Gasteiger partial charge in [-0.1, -0.05) is 11.6 Å². The summed E-state index contributed by atoms with van der Waals surface area (Å²) in [6.07, 6.45) is 0.926. The molecule has 2 atom stereocenters. The van der Waals surface area contributed by atoms with Gasteiger partial charge in [0.25, 0.3) is 0 Å². The van der Waals surface area contributed by atoms with Crippen molar-refractivity contribution in [3.63, 3.8) is 0 Å². The number of anilines is 2. The van der Waals surface area contributed by atoms with Crippen LogP contribution in [0.1, 0.15) is 55.0 Å². The summed E-state index contributed by atoms with van der Waals surface area (Å²) in [7, 11) is 1.58. The van der Waals surface area contributed by atoms with Crippen LogP contribution < -0.4 is 15.8 Å². The first-order valence-electron chi connectivity index (χ1n) is 10.3. The number of nitrogen functional groups attached to an aromatic ring is 1. The fourth-order valence-corrected chi connectivity index (χ4v) is 4.42. The number of benzene rings is 1. The minimum Gasteiger partial charge on any atom is -0.496 e. The molecule has 170 valence electrons. The molecule has 2 heterocycles. The van der Waals surface area contributed by atoms with Gasteiger partial charge in [-0.25, -0.2) is 9.97 Å². The Labute approximate surface area is 192 Å². The zero-order valence-corrected chi connectivity index (χ0v) is 19.4. The Kier molecular flexibility index (Phi) is 7.19. The van der Waals surface area contributed by atoms with Gasteiger partial charge < -0.3 is 26.3 Å². The molecule has 32 heavy (non-hydrogen) atoms. The van der Waals surface area contributed by atoms with Crippen molar-refractivity contribution >= 4 is 28.9 Å². The van der Waals surface area contributed by atoms with E-state index >= 15 is 0 Å². The van der Waals surface area contributed by atoms with Crippen LogP contribution in [0.2, 0.25) is 5.02 Å². The average molecular weight is 458 g/mol. The normalized spacial score (nSPS) is 16.0. The third-order valence-electron chi connectivity index (χ3n) is 5.57. The zero-order chi connectivity index (χ0) is 23.6. The number of nitrogens with two attached hydrogens (primary N) is 1. The predicted octanol–water partition coefficient (Wildman–Crippen LogP) is 2.93. The maximum Gasteiger partial charge on any atom is 0.141 e. The van der Waals surface area contributed by atoms with Crippen LogP contribution in [0.3, 0.4) is 0 Å². The molecule has 10 heteroatoms. The number of halogens is 1. The quantitative estimate of drug-likeness (QED) is 0.443. The van der Waals surface area contributed by atoms with Crippen LogP contribution in [0.25, 0.3) is 0 Å². The summed E-state index contributed by atoms with van der Waals surface area (Å²) < 4.78 is 5.79. The lowest BCUT2D eigenvalue weighted by atomic mass is 9.85. The number of β-amino-alcohol motifs (C(OH)–C–C–N with tert-alkyl or cyclic N) is 1. The molecule has 3 rings (SSSR count). The van der Waals surface area contributed by atoms with Gasteiger partial charge in [0.2, 0.25) is 0 Å². The standard InChI is InChI=1S/C22H28ClN7O2/c1-11(31)7-30-8-14(9-30)19-16(6-24)17(23)5-15(20(19)32-4)13(3)29-22-18(12(2)25)21(26)27-10-28-22/h5,10-11,13-14,25,31H,7-9H2,1-4H3,(H3,26,27,28,29)/t11-,13?/m0/s1. The second-order valence-corrected chi connectivity index (χ2v) is 8.53. The second-order valence-electron chi connectivity index (χ2n) is 8.12. The summed E-state index contributed by atoms with van der Waals surface area (Å²) in [5.41, 5.74) is 8.59. The number of nitrogens with zero attached hydrogens (tertiary/aromatic N) is 4. The monoisotopic (exact) mass is 457 g/mol. The number of rotatable bonds is 8. The van der Waals surface area contributed by atoms with Gasteiger partial charge in [0.05, 0.1) is 35.4 Å². The summed E-state index contributed by atoms with van der Waals surface area (Å²) in [6, 6.07) is 3.64. The van der Waals surface area contributed by atoms with Crippen molar-refractivity contribution in [1.29, 1.82) is 10.7 Å². The predicted molar refractivity (Wildman–Crippen MR) is 125 cm³/mol. The van der Waals surface area contributed by atoms with Crippen molar-refractivity contribution in [1.82, 2.24) is 14.9 Å². The third-order valence-corrected chi connectivity index (χ3v) is 5.87. The Hall–Kier alpha value is -2.93. The molecule has 0 amide bonds. The summed E-state index contributed by atoms with van der Waals surface area (Å²) in [6.45, 7) is 7.29. The van der Waals surface area contributed by atoms with Crippen LogP contribution in [-0.2, 0) is 0 Å². The summed E-state index contributed by atoms with van der Waals surface area (Å²) in [5, 5.41) is 31.1. The van der Waals surface area contributed by atoms with Crippen LogP contribution in [0.15, 0.2) is 12.4 Å². The average Bonchev–Trinajstić information content (AvgIpc) is 2.69. The van der Waals surface area contributed by atoms with Gasteiger partial charge in [-0.15, -0.1) is 0 Å². The zero-order valence-electron chi connectivity index (χ0n) is 18.6. The molecule has 5 N–H and O–H groups in total. The molecule has 1 aliphatic heterocycles. The molecule has 0 saturated carbocycles. The number of likely N-dealkylation sites (tertiary alicyclic amines) is 1. The van der Waals surface area contributed by atoms with Crippen LogP contribution in [-0.4, -0.2) is 58.5 Å². The second kappa shape index (κ2) is 9.69. The van der Waals surface area contributed by atoms with Crippen molar-refractivity contribution in [2.45, 2.75) is 38.8 Å². The van der Waals surface area contributed by atoms with E-state index in [1.807, 2.05) is 6.92 Å². The Morgan fingerprint density at radius 1 is 1.47 bits per heavy atom. The minimum atomic E-state index is -0.417. The van der Waals surface area contributed by atoms with E-state index < -0.39 is 6.10 Å². The van der Waals surface area contributed by atoms with E-state index in [9.17, 15) is 10.4 Å². The molecular weight excluding hydrogens is 430 g/mol. The van der Waals surface area contributed by atoms with Gasteiger partial charge in [0.15, 0.2) is 0 Å². The summed E-state index contributed by atoms with van der Waals surface area (Å²) in [5.74, 6) is 1.33. The smallest absolute Gasteiger partial charge is 0.141 e. The van der Waals surface area contributed by atoms with Crippen LogP contribution in [0.4, 0.5) is 11.6 Å². The molecular formula is C22H28ClN7O2. The maximum atomic E-state index is 9.78. The van der Waals surface area contributed by atoms with E-state index in [-0.39, 0.29) is 23.5 Å². The molecule has 2 aromatic rings. The minimum absolute atomic E-state index is 0.0667. The van der Waals surface area contributed by atoms with Crippen molar-refractivity contribution < 1.29 is 9.84 Å². The summed E-state index contributed by atoms with van der Waals surface area (Å²) >= 11 is 6.52. The first kappa shape index (κ1) is 23.7. The fraction of sp³-hybridized carbons (Fsp3) is 0.455. The number of hydrogen-bond donors (Lipinski definition) is 4. The van der Waals surface area contributed by atoms with Crippen molar-refractivity contribution in [3.8, 4) is 11.8 Å². The van der Waals surface area contributed by atoms with Crippen molar-refractivity contribution in [2.24, 2.45) is 0 Å². The molecule has 1 unspecified atom stereocenters. The highest BCUT2D eigenvalue weighted by Crippen LogP contribution is 2.43. The lowest BCUT2D eigenvalue weighted by Gasteiger charge is -2.41. The number of nitriles is 1. The molecule has 1 aliphatic rings. The number of ether oxygens (including phenoxy) is 1. The number of methoxy groups -OCH3 is 1. The molecule has 9 nitrogen and oxygen atoms in total. The fourth-order valence-electron chi connectivity index (χ4n) is 4.16. The Morgan fingerprint density at radius 2 is 2.16 bits per heavy atom. The molecule has 1 aromatic carbocycles. The maximum absolute atomic E-state index is 9.78. The van der Waals surface area contributed by atoms with Gasteiger partial charge in [-0.3, -0.25) is 4.90 Å². The Bertz CT molecular complexity index is 1060. The molecule has 0 radical (unpaired) electrons. The SMILES string of the molecule is COc1c(C(C)Nc2ncnc(N)c2C(C)=N)cc(Cl)c(C#N)c1C1CN(C[C@H](C)O)C1. The number of aliphatic hydroxyl groups is 1. The molecule has 1 saturated heterocycles. The van der Waals surface area contributed by atoms with Crippen LogP contribution in [0.5, 0.6) is 5.75 Å². The van der Waals surface area contributed by atoms with Gasteiger partial charge in [-0.2, -0.15) is 5.26 Å². The number of hydrogen-bond acceptors (Lipinski definition) is 9. The molecule has 0 bridgehead atoms. The highest BCUT2D eigenvalue weighted by atomic mass is 35.5. The Balaban J connectivity index is 1.99. The summed E-state index contributed by atoms with van der Waals surface area (Å²) in [4.78, 5) is 10.4. The van der Waals surface area contributed by atoms with E-state index in [4.69, 9.17) is 27.5 Å². The van der Waals surface area contributed by atoms with E-state index in [1.54, 1.807) is 27.0 Å². The van der Waals surface area contributed by atoms with E-state index in [2.05, 4.69) is 26.3 Å². The first-order chi connectivity index (χ1) is 15.2. The van der Waals surface area contributed by atoms with E-state index in [0.717, 1.165) is 11.1 Å². The largest absolute Gasteiger partial charge is 0.496 e. The van der Waals surface area contributed by atoms with E-state index in [1.165, 1.54) is 6.33 Å². The highest BCUT2D eigenvalue weighted by molar-refractivity contribution is 6.32. The lowest BCUT2D eigenvalue weighted by molar-refractivity contribution is 0.0733. The van der Waals surface area contributed by atoms with Crippen LogP contribution >= 0.6 is 11.6 Å². The van der Waals surface area contributed by atoms with Gasteiger partial charge >= 0.3 is 0 Å². The van der Waals surface area contributed by atoms with Crippen molar-refractivity contribution in [3.05, 3.63) is 39.7 Å². The molecule has 0 spiro atoms. The highest BCUT2D eigenvalue weighted by Gasteiger charge is 2.35. The number of nitrogens with one attached hydrogen (secondary N) is 2. The number of aromatic nitrogens is 2. The van der Waals surface area contributed by atoms with Gasteiger partial charge in [0, 0.05) is 42.4 Å². The first-order valence-corrected chi connectivity index (χ1v) is 10.7. The topological polar surface area (TPSA) is 144 Å².